The summed E-state index contributed by atoms with van der Waals surface area (Å²) < 4.78 is 0. The van der Waals surface area contributed by atoms with E-state index in [1.54, 1.807) is 6.33 Å². The Morgan fingerprint density at radius 1 is 1.41 bits per heavy atom. The van der Waals surface area contributed by atoms with Gasteiger partial charge in [-0.3, -0.25) is 4.79 Å². The van der Waals surface area contributed by atoms with Crippen molar-refractivity contribution in [3.63, 3.8) is 0 Å². The lowest BCUT2D eigenvalue weighted by Gasteiger charge is -2.22. The Morgan fingerprint density at radius 2 is 2.27 bits per heavy atom. The number of rotatable bonds is 5. The van der Waals surface area contributed by atoms with Crippen LogP contribution in [0.3, 0.4) is 0 Å². The van der Waals surface area contributed by atoms with Gasteiger partial charge in [-0.25, -0.2) is 4.98 Å². The van der Waals surface area contributed by atoms with E-state index >= 15 is 0 Å². The van der Waals surface area contributed by atoms with Crippen molar-refractivity contribution >= 4 is 11.6 Å². The third-order valence-electron chi connectivity index (χ3n) is 4.58. The number of hydrogen-bond donors (Lipinski definition) is 1. The van der Waals surface area contributed by atoms with E-state index in [2.05, 4.69) is 28.2 Å². The van der Waals surface area contributed by atoms with Gasteiger partial charge in [0.1, 0.15) is 0 Å². The van der Waals surface area contributed by atoms with Gasteiger partial charge in [0.25, 0.3) is 0 Å². The van der Waals surface area contributed by atoms with Gasteiger partial charge >= 0.3 is 0 Å². The molecule has 116 valence electrons. The van der Waals surface area contributed by atoms with E-state index in [9.17, 15) is 4.79 Å². The summed E-state index contributed by atoms with van der Waals surface area (Å²) in [4.78, 5) is 21.3. The maximum atomic E-state index is 12.1. The second-order valence-electron chi connectivity index (χ2n) is 5.89. The second-order valence-corrected chi connectivity index (χ2v) is 5.89. The Bertz CT molecular complexity index is 648. The largest absolute Gasteiger partial charge is 0.348 e. The van der Waals surface area contributed by atoms with Crippen molar-refractivity contribution in [3.8, 4) is 0 Å². The van der Waals surface area contributed by atoms with Gasteiger partial charge in [-0.05, 0) is 55.4 Å². The van der Waals surface area contributed by atoms with Crippen LogP contribution in [0.25, 0.3) is 0 Å². The van der Waals surface area contributed by atoms with E-state index in [4.69, 9.17) is 0 Å². The third kappa shape index (κ3) is 2.78. The van der Waals surface area contributed by atoms with Crippen LogP contribution in [0.15, 0.2) is 30.7 Å². The number of carbonyl (C=O) groups is 1. The fourth-order valence-corrected chi connectivity index (χ4v) is 3.41. The molecule has 1 unspecified atom stereocenters. The number of fused-ring (bicyclic) bond motifs is 1. The molecule has 0 saturated heterocycles. The highest BCUT2D eigenvalue weighted by atomic mass is 16.2. The van der Waals surface area contributed by atoms with Crippen LogP contribution >= 0.6 is 0 Å². The number of nitrogens with one attached hydrogen (secondary N) is 1. The molecule has 0 spiro atoms. The minimum Gasteiger partial charge on any atom is -0.348 e. The van der Waals surface area contributed by atoms with Crippen LogP contribution in [0, 0.1) is 0 Å². The summed E-state index contributed by atoms with van der Waals surface area (Å²) in [5, 5.41) is 0. The van der Waals surface area contributed by atoms with Gasteiger partial charge in [-0.15, -0.1) is 0 Å². The van der Waals surface area contributed by atoms with Crippen LogP contribution in [0.1, 0.15) is 49.4 Å². The lowest BCUT2D eigenvalue weighted by atomic mass is 9.96. The average Bonchev–Trinajstić information content (AvgIpc) is 3.18. The summed E-state index contributed by atoms with van der Waals surface area (Å²) in [6.07, 6.45) is 7.47. The highest BCUT2D eigenvalue weighted by molar-refractivity contribution is 5.93. The number of aryl methyl sites for hydroxylation is 1. The first-order chi connectivity index (χ1) is 10.7. The van der Waals surface area contributed by atoms with E-state index < -0.39 is 0 Å². The minimum atomic E-state index is 0.186. The summed E-state index contributed by atoms with van der Waals surface area (Å²) in [6, 6.07) is 6.51. The maximum Gasteiger partial charge on any atom is 0.226 e. The van der Waals surface area contributed by atoms with Crippen molar-refractivity contribution in [1.82, 2.24) is 9.97 Å². The average molecular weight is 297 g/mol. The van der Waals surface area contributed by atoms with Gasteiger partial charge in [0.05, 0.1) is 6.33 Å². The number of amides is 1. The molecule has 4 nitrogen and oxygen atoms in total. The van der Waals surface area contributed by atoms with E-state index in [0.717, 1.165) is 25.1 Å². The van der Waals surface area contributed by atoms with Crippen molar-refractivity contribution in [2.45, 2.75) is 45.4 Å². The molecule has 0 bridgehead atoms. The van der Waals surface area contributed by atoms with Crippen LogP contribution in [-0.2, 0) is 17.6 Å². The number of H-pyrrole nitrogens is 1. The number of imidazole rings is 1. The number of nitrogens with zero attached hydrogens (tertiary/aromatic N) is 2. The van der Waals surface area contributed by atoms with E-state index in [-0.39, 0.29) is 5.91 Å². The Balaban J connectivity index is 1.87. The van der Waals surface area contributed by atoms with Crippen molar-refractivity contribution < 1.29 is 4.79 Å². The molecule has 0 saturated carbocycles. The molecule has 1 aliphatic carbocycles. The highest BCUT2D eigenvalue weighted by Crippen LogP contribution is 2.37. The molecule has 22 heavy (non-hydrogen) atoms. The molecule has 0 radical (unpaired) electrons. The number of hydrogen-bond acceptors (Lipinski definition) is 2. The van der Waals surface area contributed by atoms with E-state index in [0.29, 0.717) is 12.3 Å². The van der Waals surface area contributed by atoms with Crippen LogP contribution in [0.4, 0.5) is 5.69 Å². The first-order valence-corrected chi connectivity index (χ1v) is 8.13. The molecule has 1 aliphatic rings. The third-order valence-corrected chi connectivity index (χ3v) is 4.58. The van der Waals surface area contributed by atoms with Crippen LogP contribution in [0.2, 0.25) is 0 Å². The molecule has 1 aromatic heterocycles. The molecule has 1 atom stereocenters. The lowest BCUT2D eigenvalue weighted by Crippen LogP contribution is -2.29. The first kappa shape index (κ1) is 14.8. The summed E-state index contributed by atoms with van der Waals surface area (Å²) in [7, 11) is 0. The monoisotopic (exact) mass is 297 g/mol. The molecule has 2 aromatic rings. The Kier molecular flexibility index (Phi) is 4.27. The molecule has 0 aliphatic heterocycles. The van der Waals surface area contributed by atoms with E-state index in [1.165, 1.54) is 23.2 Å². The predicted molar refractivity (Wildman–Crippen MR) is 88.1 cm³/mol. The van der Waals surface area contributed by atoms with Crippen molar-refractivity contribution in [3.05, 3.63) is 47.5 Å². The molecular formula is C18H23N3O. The van der Waals surface area contributed by atoms with Gasteiger partial charge < -0.3 is 9.88 Å². The van der Waals surface area contributed by atoms with Gasteiger partial charge in [0, 0.05) is 30.5 Å². The SMILES string of the molecule is CCC(=O)N(CC)c1ccc2c(c1)C(Cc1cnc[nH]1)CC2. The summed E-state index contributed by atoms with van der Waals surface area (Å²) in [6.45, 7) is 4.67. The number of benzene rings is 1. The van der Waals surface area contributed by atoms with Crippen molar-refractivity contribution in [1.29, 1.82) is 0 Å². The zero-order valence-corrected chi connectivity index (χ0v) is 13.3. The van der Waals surface area contributed by atoms with E-state index in [1.807, 2.05) is 24.9 Å². The fourth-order valence-electron chi connectivity index (χ4n) is 3.41. The number of aromatic nitrogens is 2. The Hall–Kier alpha value is -2.10. The fraction of sp³-hybridized carbons (Fsp3) is 0.444. The quantitative estimate of drug-likeness (QED) is 0.919. The summed E-state index contributed by atoms with van der Waals surface area (Å²) in [5.41, 5.74) is 5.03. The Labute approximate surface area is 131 Å². The second kappa shape index (κ2) is 6.34. The maximum absolute atomic E-state index is 12.1. The van der Waals surface area contributed by atoms with Crippen LogP contribution in [0.5, 0.6) is 0 Å². The van der Waals surface area contributed by atoms with Crippen LogP contribution in [-0.4, -0.2) is 22.4 Å². The molecule has 4 heteroatoms. The van der Waals surface area contributed by atoms with Gasteiger partial charge in [0.2, 0.25) is 5.91 Å². The first-order valence-electron chi connectivity index (χ1n) is 8.13. The molecule has 1 heterocycles. The number of aromatic amines is 1. The molecule has 0 fully saturated rings. The summed E-state index contributed by atoms with van der Waals surface area (Å²) in [5.74, 6) is 0.705. The normalized spacial score (nSPS) is 16.5. The van der Waals surface area contributed by atoms with Gasteiger partial charge in [-0.1, -0.05) is 13.0 Å². The lowest BCUT2D eigenvalue weighted by molar-refractivity contribution is -0.118. The predicted octanol–water partition coefficient (Wildman–Crippen LogP) is 3.45. The molecular weight excluding hydrogens is 274 g/mol. The van der Waals surface area contributed by atoms with Crippen molar-refractivity contribution in [2.24, 2.45) is 0 Å². The van der Waals surface area contributed by atoms with Gasteiger partial charge in [-0.2, -0.15) is 0 Å². The molecule has 1 aromatic carbocycles. The zero-order chi connectivity index (χ0) is 15.5. The topological polar surface area (TPSA) is 49.0 Å². The standard InChI is InChI=1S/C18H23N3O/c1-3-18(22)21(4-2)16-8-7-13-5-6-14(17(13)10-16)9-15-11-19-12-20-15/h7-8,10-12,14H,3-6,9H2,1-2H3,(H,19,20). The number of carbonyl (C=O) groups excluding carboxylic acids is 1. The summed E-state index contributed by atoms with van der Waals surface area (Å²) >= 11 is 0. The van der Waals surface area contributed by atoms with Crippen molar-refractivity contribution in [2.75, 3.05) is 11.4 Å². The number of anilines is 1. The van der Waals surface area contributed by atoms with Crippen LogP contribution < -0.4 is 4.90 Å². The minimum absolute atomic E-state index is 0.186. The molecule has 1 N–H and O–H groups in total. The molecule has 3 rings (SSSR count). The highest BCUT2D eigenvalue weighted by Gasteiger charge is 2.24. The zero-order valence-electron chi connectivity index (χ0n) is 13.3. The smallest absolute Gasteiger partial charge is 0.226 e. The molecule has 1 amide bonds. The Morgan fingerprint density at radius 3 is 2.95 bits per heavy atom. The van der Waals surface area contributed by atoms with Gasteiger partial charge in [0.15, 0.2) is 0 Å².